The van der Waals surface area contributed by atoms with Gasteiger partial charge in [-0.25, -0.2) is 4.79 Å². The molecular formula is C30H44N4O5. The van der Waals surface area contributed by atoms with Gasteiger partial charge in [-0.05, 0) is 62.8 Å². The van der Waals surface area contributed by atoms with Crippen molar-refractivity contribution in [1.82, 2.24) is 20.4 Å². The summed E-state index contributed by atoms with van der Waals surface area (Å²) < 4.78 is 5.22. The van der Waals surface area contributed by atoms with Crippen molar-refractivity contribution in [2.75, 3.05) is 26.2 Å². The van der Waals surface area contributed by atoms with Gasteiger partial charge >= 0.3 is 6.09 Å². The van der Waals surface area contributed by atoms with Gasteiger partial charge in [-0.15, -0.1) is 0 Å². The van der Waals surface area contributed by atoms with E-state index in [1.165, 1.54) is 12.8 Å². The van der Waals surface area contributed by atoms with Crippen LogP contribution < -0.4 is 10.6 Å². The third kappa shape index (κ3) is 7.31. The van der Waals surface area contributed by atoms with E-state index in [2.05, 4.69) is 10.6 Å². The van der Waals surface area contributed by atoms with Crippen molar-refractivity contribution >= 4 is 23.8 Å². The second-order valence-corrected chi connectivity index (χ2v) is 11.3. The molecule has 1 aromatic rings. The molecule has 0 radical (unpaired) electrons. The van der Waals surface area contributed by atoms with Gasteiger partial charge in [0.25, 0.3) is 0 Å². The normalized spacial score (nSPS) is 21.2. The van der Waals surface area contributed by atoms with Crippen molar-refractivity contribution < 1.29 is 23.9 Å². The van der Waals surface area contributed by atoms with Crippen LogP contribution in [0, 0.1) is 5.92 Å². The summed E-state index contributed by atoms with van der Waals surface area (Å²) in [6.45, 7) is 4.25. The number of carbonyl (C=O) groups is 4. The maximum absolute atomic E-state index is 13.5. The maximum Gasteiger partial charge on any atom is 0.407 e. The molecule has 39 heavy (non-hydrogen) atoms. The van der Waals surface area contributed by atoms with Crippen LogP contribution in [0.2, 0.25) is 0 Å². The van der Waals surface area contributed by atoms with Crippen LogP contribution in [0.5, 0.6) is 0 Å². The number of nitrogens with zero attached hydrogens (tertiary/aromatic N) is 2. The molecule has 2 heterocycles. The molecule has 9 nitrogen and oxygen atoms in total. The lowest BCUT2D eigenvalue weighted by Crippen LogP contribution is -2.73. The number of benzene rings is 1. The zero-order valence-corrected chi connectivity index (χ0v) is 23.3. The average Bonchev–Trinajstić information content (AvgIpc) is 3.46. The van der Waals surface area contributed by atoms with E-state index >= 15 is 0 Å². The topological polar surface area (TPSA) is 108 Å². The summed E-state index contributed by atoms with van der Waals surface area (Å²) in [5.74, 6) is 0.570. The Kier molecular flexibility index (Phi) is 10.2. The molecule has 2 aliphatic heterocycles. The Bertz CT molecular complexity index is 986. The second-order valence-electron chi connectivity index (χ2n) is 11.3. The Hall–Kier alpha value is -3.10. The van der Waals surface area contributed by atoms with Gasteiger partial charge in [0, 0.05) is 32.6 Å². The lowest BCUT2D eigenvalue weighted by molar-refractivity contribution is -0.162. The van der Waals surface area contributed by atoms with Crippen molar-refractivity contribution in [2.45, 2.75) is 95.7 Å². The summed E-state index contributed by atoms with van der Waals surface area (Å²) >= 11 is 0. The Morgan fingerprint density at radius 1 is 1.08 bits per heavy atom. The molecule has 0 aromatic heterocycles. The van der Waals surface area contributed by atoms with Gasteiger partial charge in [0.1, 0.15) is 18.2 Å². The molecule has 1 saturated carbocycles. The van der Waals surface area contributed by atoms with Crippen molar-refractivity contribution in [3.63, 3.8) is 0 Å². The van der Waals surface area contributed by atoms with Gasteiger partial charge in [0.2, 0.25) is 17.7 Å². The van der Waals surface area contributed by atoms with Gasteiger partial charge in [-0.3, -0.25) is 14.4 Å². The SMILES string of the molecule is CCCN1C(=O)[C@H](CCCCNC(=O)OCc2ccccc2)NC(=O)C12CCN(C(=O)CC1CCCC1)CC2. The Labute approximate surface area is 232 Å². The number of amides is 4. The van der Waals surface area contributed by atoms with E-state index in [9.17, 15) is 19.2 Å². The monoisotopic (exact) mass is 540 g/mol. The smallest absolute Gasteiger partial charge is 0.407 e. The van der Waals surface area contributed by atoms with Crippen molar-refractivity contribution in [3.8, 4) is 0 Å². The van der Waals surface area contributed by atoms with Crippen molar-refractivity contribution in [2.24, 2.45) is 5.92 Å². The largest absolute Gasteiger partial charge is 0.445 e. The molecule has 2 N–H and O–H groups in total. The highest BCUT2D eigenvalue weighted by Crippen LogP contribution is 2.35. The third-order valence-electron chi connectivity index (χ3n) is 8.54. The molecule has 1 atom stereocenters. The zero-order chi connectivity index (χ0) is 27.7. The van der Waals surface area contributed by atoms with Crippen LogP contribution in [0.3, 0.4) is 0 Å². The van der Waals surface area contributed by atoms with E-state index in [0.717, 1.165) is 24.8 Å². The molecule has 0 bridgehead atoms. The minimum atomic E-state index is -0.863. The number of ether oxygens (including phenoxy) is 1. The van der Waals surface area contributed by atoms with E-state index in [1.807, 2.05) is 42.2 Å². The van der Waals surface area contributed by atoms with Crippen LogP contribution in [0.25, 0.3) is 0 Å². The summed E-state index contributed by atoms with van der Waals surface area (Å²) in [5, 5.41) is 5.76. The third-order valence-corrected chi connectivity index (χ3v) is 8.54. The number of likely N-dealkylation sites (tertiary alicyclic amines) is 1. The van der Waals surface area contributed by atoms with Gasteiger partial charge in [-0.1, -0.05) is 50.1 Å². The molecule has 4 amide bonds. The fraction of sp³-hybridized carbons (Fsp3) is 0.667. The second kappa shape index (κ2) is 13.8. The van der Waals surface area contributed by atoms with Crippen LogP contribution >= 0.6 is 0 Å². The van der Waals surface area contributed by atoms with E-state index in [4.69, 9.17) is 4.74 Å². The van der Waals surface area contributed by atoms with E-state index < -0.39 is 17.7 Å². The first-order valence-corrected chi connectivity index (χ1v) is 14.8. The van der Waals surface area contributed by atoms with Gasteiger partial charge in [-0.2, -0.15) is 0 Å². The van der Waals surface area contributed by atoms with Gasteiger partial charge < -0.3 is 25.2 Å². The molecule has 1 aliphatic carbocycles. The van der Waals surface area contributed by atoms with Gasteiger partial charge in [0.05, 0.1) is 0 Å². The predicted molar refractivity (Wildman–Crippen MR) is 148 cm³/mol. The predicted octanol–water partition coefficient (Wildman–Crippen LogP) is 3.76. The summed E-state index contributed by atoms with van der Waals surface area (Å²) in [4.78, 5) is 55.5. The minimum Gasteiger partial charge on any atom is -0.445 e. The molecule has 1 aromatic carbocycles. The first-order chi connectivity index (χ1) is 18.9. The van der Waals surface area contributed by atoms with Crippen molar-refractivity contribution in [1.29, 1.82) is 0 Å². The molecule has 3 fully saturated rings. The number of hydrogen-bond donors (Lipinski definition) is 2. The van der Waals surface area contributed by atoms with Crippen LogP contribution in [0.15, 0.2) is 30.3 Å². The maximum atomic E-state index is 13.5. The number of carbonyl (C=O) groups excluding carboxylic acids is 4. The fourth-order valence-corrected chi connectivity index (χ4v) is 6.27. The highest BCUT2D eigenvalue weighted by molar-refractivity contribution is 6.00. The van der Waals surface area contributed by atoms with E-state index in [0.29, 0.717) is 70.6 Å². The lowest BCUT2D eigenvalue weighted by Gasteiger charge is -2.51. The highest BCUT2D eigenvalue weighted by atomic mass is 16.5. The first-order valence-electron chi connectivity index (χ1n) is 14.8. The average molecular weight is 541 g/mol. The number of hydrogen-bond acceptors (Lipinski definition) is 5. The van der Waals surface area contributed by atoms with Crippen LogP contribution in [0.1, 0.15) is 83.1 Å². The fourth-order valence-electron chi connectivity index (χ4n) is 6.27. The number of rotatable bonds is 11. The molecule has 3 aliphatic rings. The summed E-state index contributed by atoms with van der Waals surface area (Å²) in [5.41, 5.74) is 0.0626. The Morgan fingerprint density at radius 3 is 2.49 bits per heavy atom. The lowest BCUT2D eigenvalue weighted by atomic mass is 9.81. The van der Waals surface area contributed by atoms with Crippen LogP contribution in [-0.4, -0.2) is 71.4 Å². The number of nitrogens with one attached hydrogen (secondary N) is 2. The Morgan fingerprint density at radius 2 is 1.79 bits per heavy atom. The summed E-state index contributed by atoms with van der Waals surface area (Å²) in [6, 6.07) is 8.94. The molecule has 1 spiro atoms. The number of piperazine rings is 1. The van der Waals surface area contributed by atoms with E-state index in [1.54, 1.807) is 4.90 Å². The van der Waals surface area contributed by atoms with Crippen molar-refractivity contribution in [3.05, 3.63) is 35.9 Å². The molecule has 0 unspecified atom stereocenters. The Balaban J connectivity index is 1.21. The van der Waals surface area contributed by atoms with Crippen LogP contribution in [-0.2, 0) is 25.7 Å². The quantitative estimate of drug-likeness (QED) is 0.416. The molecule has 4 rings (SSSR count). The summed E-state index contributed by atoms with van der Waals surface area (Å²) in [6.07, 6.45) is 8.49. The standard InChI is InChI=1S/C30H44N4O5/c1-2-18-34-27(36)25(14-8-9-17-31-29(38)39-22-24-12-4-3-5-13-24)32-28(37)30(34)15-19-33(20-16-30)26(35)21-23-10-6-7-11-23/h3-5,12-13,23,25H,2,6-11,14-22H2,1H3,(H,31,38)(H,32,37)/t25-/m0/s1. The number of unbranched alkanes of at least 4 members (excludes halogenated alkanes) is 1. The highest BCUT2D eigenvalue weighted by Gasteiger charge is 2.53. The number of alkyl carbamates (subject to hydrolysis) is 1. The minimum absolute atomic E-state index is 0.0302. The zero-order valence-electron chi connectivity index (χ0n) is 23.3. The molecule has 214 valence electrons. The summed E-state index contributed by atoms with van der Waals surface area (Å²) in [7, 11) is 0. The first kappa shape index (κ1) is 28.9. The molecule has 9 heteroatoms. The van der Waals surface area contributed by atoms with Gasteiger partial charge in [0.15, 0.2) is 0 Å². The number of piperidine rings is 1. The molecule has 2 saturated heterocycles. The van der Waals surface area contributed by atoms with Crippen LogP contribution in [0.4, 0.5) is 4.79 Å². The van der Waals surface area contributed by atoms with E-state index in [-0.39, 0.29) is 24.3 Å². The molecular weight excluding hydrogens is 496 g/mol.